The molecule has 6 heteroatoms. The van der Waals surface area contributed by atoms with Crippen LogP contribution in [0.25, 0.3) is 11.4 Å². The highest BCUT2D eigenvalue weighted by atomic mass is 15.3. The van der Waals surface area contributed by atoms with Crippen LogP contribution in [0.2, 0.25) is 0 Å². The summed E-state index contributed by atoms with van der Waals surface area (Å²) in [7, 11) is 0. The van der Waals surface area contributed by atoms with Crippen molar-refractivity contribution in [1.82, 2.24) is 19.6 Å². The van der Waals surface area contributed by atoms with Crippen molar-refractivity contribution in [3.05, 3.63) is 83.4 Å². The Bertz CT molecular complexity index is 1070. The number of aromatic nitrogens is 4. The van der Waals surface area contributed by atoms with Gasteiger partial charge in [0.05, 0.1) is 22.8 Å². The van der Waals surface area contributed by atoms with Gasteiger partial charge >= 0.3 is 0 Å². The molecule has 140 valence electrons. The molecule has 28 heavy (non-hydrogen) atoms. The predicted molar refractivity (Wildman–Crippen MR) is 110 cm³/mol. The zero-order valence-electron chi connectivity index (χ0n) is 16.5. The van der Waals surface area contributed by atoms with Crippen LogP contribution in [-0.2, 0) is 0 Å². The van der Waals surface area contributed by atoms with Crippen LogP contribution < -0.4 is 0 Å². The van der Waals surface area contributed by atoms with Crippen LogP contribution >= 0.6 is 0 Å². The first kappa shape index (κ1) is 17.9. The van der Waals surface area contributed by atoms with Gasteiger partial charge in [-0.25, -0.2) is 9.36 Å². The Kier molecular flexibility index (Phi) is 4.61. The second kappa shape index (κ2) is 7.23. The van der Waals surface area contributed by atoms with Gasteiger partial charge in [0.1, 0.15) is 11.4 Å². The fourth-order valence-corrected chi connectivity index (χ4v) is 3.31. The molecule has 0 saturated carbocycles. The number of hydrogen-bond acceptors (Lipinski definition) is 4. The van der Waals surface area contributed by atoms with Gasteiger partial charge in [-0.3, -0.25) is 0 Å². The van der Waals surface area contributed by atoms with Gasteiger partial charge in [-0.1, -0.05) is 24.3 Å². The monoisotopic (exact) mass is 370 g/mol. The lowest BCUT2D eigenvalue weighted by Gasteiger charge is -2.08. The van der Waals surface area contributed by atoms with E-state index in [1.54, 1.807) is 0 Å². The van der Waals surface area contributed by atoms with Gasteiger partial charge in [-0.05, 0) is 64.1 Å². The molecule has 2 aromatic carbocycles. The molecule has 4 rings (SSSR count). The summed E-state index contributed by atoms with van der Waals surface area (Å²) in [6, 6.07) is 19.9. The van der Waals surface area contributed by atoms with Crippen LogP contribution in [0.3, 0.4) is 0 Å². The lowest BCUT2D eigenvalue weighted by Crippen LogP contribution is -1.99. The summed E-state index contributed by atoms with van der Waals surface area (Å²) >= 11 is 0. The van der Waals surface area contributed by atoms with Gasteiger partial charge in [0.15, 0.2) is 0 Å². The third-order valence-electron chi connectivity index (χ3n) is 4.50. The molecule has 2 heterocycles. The smallest absolute Gasteiger partial charge is 0.111 e. The van der Waals surface area contributed by atoms with Gasteiger partial charge in [0, 0.05) is 11.4 Å². The predicted octanol–water partition coefficient (Wildman–Crippen LogP) is 5.71. The van der Waals surface area contributed by atoms with Crippen molar-refractivity contribution in [2.24, 2.45) is 10.2 Å². The van der Waals surface area contributed by atoms with Gasteiger partial charge in [0.2, 0.25) is 0 Å². The molecule has 0 aliphatic carbocycles. The summed E-state index contributed by atoms with van der Waals surface area (Å²) in [5.74, 6) is 0. The largest absolute Gasteiger partial charge is 0.236 e. The average molecular weight is 370 g/mol. The standard InChI is InChI=1S/C22H22N6/c1-15-13-17(3)27(25-15)21-11-7-5-9-19(21)23-24-20-10-6-8-12-22(20)28-18(4)14-16(2)26-28/h5-14H,1-4H3. The van der Waals surface area contributed by atoms with Crippen molar-refractivity contribution in [3.63, 3.8) is 0 Å². The fourth-order valence-electron chi connectivity index (χ4n) is 3.31. The number of azo groups is 1. The maximum absolute atomic E-state index is 4.58. The molecular formula is C22H22N6. The van der Waals surface area contributed by atoms with Crippen molar-refractivity contribution in [3.8, 4) is 11.4 Å². The zero-order valence-corrected chi connectivity index (χ0v) is 16.5. The molecule has 6 nitrogen and oxygen atoms in total. The highest BCUT2D eigenvalue weighted by Gasteiger charge is 2.10. The fraction of sp³-hybridized carbons (Fsp3) is 0.182. The molecule has 0 radical (unpaired) electrons. The highest BCUT2D eigenvalue weighted by molar-refractivity contribution is 5.59. The summed E-state index contributed by atoms with van der Waals surface area (Å²) in [6.07, 6.45) is 0. The van der Waals surface area contributed by atoms with E-state index in [4.69, 9.17) is 0 Å². The molecule has 0 fully saturated rings. The zero-order chi connectivity index (χ0) is 19.7. The third-order valence-corrected chi connectivity index (χ3v) is 4.50. The second-order valence-electron chi connectivity index (χ2n) is 6.86. The van der Waals surface area contributed by atoms with Gasteiger partial charge in [-0.2, -0.15) is 10.2 Å². The Morgan fingerprint density at radius 2 is 1.00 bits per heavy atom. The molecule has 2 aromatic heterocycles. The Labute approximate surface area is 164 Å². The minimum atomic E-state index is 0.761. The first-order valence-corrected chi connectivity index (χ1v) is 9.20. The Morgan fingerprint density at radius 1 is 0.607 bits per heavy atom. The summed E-state index contributed by atoms with van der Waals surface area (Å²) in [5.41, 5.74) is 7.39. The van der Waals surface area contributed by atoms with Crippen LogP contribution in [-0.4, -0.2) is 19.6 Å². The summed E-state index contributed by atoms with van der Waals surface area (Å²) in [4.78, 5) is 0. The van der Waals surface area contributed by atoms with Crippen molar-refractivity contribution in [1.29, 1.82) is 0 Å². The quantitative estimate of drug-likeness (QED) is 0.432. The normalized spacial score (nSPS) is 11.4. The molecule has 4 aromatic rings. The Morgan fingerprint density at radius 3 is 1.36 bits per heavy atom. The first-order chi connectivity index (χ1) is 13.5. The van der Waals surface area contributed by atoms with Crippen LogP contribution in [0.5, 0.6) is 0 Å². The molecule has 0 aliphatic heterocycles. The van der Waals surface area contributed by atoms with E-state index in [0.29, 0.717) is 0 Å². The molecular weight excluding hydrogens is 348 g/mol. The van der Waals surface area contributed by atoms with E-state index >= 15 is 0 Å². The van der Waals surface area contributed by atoms with E-state index in [1.807, 2.05) is 97.7 Å². The van der Waals surface area contributed by atoms with E-state index < -0.39 is 0 Å². The lowest BCUT2D eigenvalue weighted by molar-refractivity contribution is 0.828. The molecule has 0 amide bonds. The van der Waals surface area contributed by atoms with Crippen LogP contribution in [0.15, 0.2) is 70.9 Å². The SMILES string of the molecule is Cc1cc(C)n(-c2ccccc2N=Nc2ccccc2-n2nc(C)cc2C)n1. The van der Waals surface area contributed by atoms with Gasteiger partial charge in [-0.15, -0.1) is 10.2 Å². The van der Waals surface area contributed by atoms with Crippen molar-refractivity contribution < 1.29 is 0 Å². The summed E-state index contributed by atoms with van der Waals surface area (Å²) in [5, 5.41) is 18.3. The maximum Gasteiger partial charge on any atom is 0.111 e. The minimum absolute atomic E-state index is 0.761. The molecule has 0 saturated heterocycles. The molecule has 0 spiro atoms. The van der Waals surface area contributed by atoms with E-state index in [-0.39, 0.29) is 0 Å². The van der Waals surface area contributed by atoms with Crippen LogP contribution in [0.4, 0.5) is 11.4 Å². The Balaban J connectivity index is 1.76. The lowest BCUT2D eigenvalue weighted by atomic mass is 10.2. The van der Waals surface area contributed by atoms with Gasteiger partial charge < -0.3 is 0 Å². The second-order valence-corrected chi connectivity index (χ2v) is 6.86. The van der Waals surface area contributed by atoms with Crippen molar-refractivity contribution in [2.75, 3.05) is 0 Å². The molecule has 0 N–H and O–H groups in total. The van der Waals surface area contributed by atoms with E-state index in [2.05, 4.69) is 20.4 Å². The van der Waals surface area contributed by atoms with Gasteiger partial charge in [0.25, 0.3) is 0 Å². The number of hydrogen-bond donors (Lipinski definition) is 0. The minimum Gasteiger partial charge on any atom is -0.236 e. The molecule has 0 atom stereocenters. The summed E-state index contributed by atoms with van der Waals surface area (Å²) < 4.78 is 3.80. The van der Waals surface area contributed by atoms with Crippen molar-refractivity contribution in [2.45, 2.75) is 27.7 Å². The highest BCUT2D eigenvalue weighted by Crippen LogP contribution is 2.29. The van der Waals surface area contributed by atoms with Crippen LogP contribution in [0.1, 0.15) is 22.8 Å². The third kappa shape index (κ3) is 3.36. The van der Waals surface area contributed by atoms with E-state index in [0.717, 1.165) is 45.5 Å². The maximum atomic E-state index is 4.58. The topological polar surface area (TPSA) is 60.4 Å². The number of rotatable bonds is 4. The molecule has 0 unspecified atom stereocenters. The van der Waals surface area contributed by atoms with Crippen molar-refractivity contribution >= 4 is 11.4 Å². The Hall–Kier alpha value is -3.54. The van der Waals surface area contributed by atoms with Crippen LogP contribution in [0, 0.1) is 27.7 Å². The number of para-hydroxylation sites is 2. The average Bonchev–Trinajstić information content (AvgIpc) is 3.20. The van der Waals surface area contributed by atoms with E-state index in [9.17, 15) is 0 Å². The number of aryl methyl sites for hydroxylation is 4. The first-order valence-electron chi connectivity index (χ1n) is 9.20. The summed E-state index contributed by atoms with van der Waals surface area (Å²) in [6.45, 7) is 8.04. The van der Waals surface area contributed by atoms with E-state index in [1.165, 1.54) is 0 Å². The molecule has 0 bridgehead atoms. The number of nitrogens with zero attached hydrogens (tertiary/aromatic N) is 6. The number of benzene rings is 2. The molecule has 0 aliphatic rings.